The highest BCUT2D eigenvalue weighted by atomic mass is 32.2. The summed E-state index contributed by atoms with van der Waals surface area (Å²) in [5, 5.41) is 0. The molecule has 1 aromatic rings. The fourth-order valence-corrected chi connectivity index (χ4v) is 4.36. The van der Waals surface area contributed by atoms with Gasteiger partial charge in [-0.15, -0.1) is 23.1 Å². The zero-order valence-corrected chi connectivity index (χ0v) is 14.3. The summed E-state index contributed by atoms with van der Waals surface area (Å²) >= 11 is 2.89. The highest BCUT2D eigenvalue weighted by molar-refractivity contribution is 8.00. The number of carbonyl (C=O) groups is 2. The number of esters is 1. The molecular weight excluding hydrogens is 306 g/mol. The van der Waals surface area contributed by atoms with E-state index in [2.05, 4.69) is 0 Å². The van der Waals surface area contributed by atoms with Crippen molar-refractivity contribution < 1.29 is 14.3 Å². The lowest BCUT2D eigenvalue weighted by Gasteiger charge is -2.18. The third kappa shape index (κ3) is 3.16. The lowest BCUT2D eigenvalue weighted by Crippen LogP contribution is -2.18. The first-order chi connectivity index (χ1) is 9.99. The molecule has 0 aromatic carbocycles. The Morgan fingerprint density at radius 1 is 1.43 bits per heavy atom. The van der Waals surface area contributed by atoms with Gasteiger partial charge < -0.3 is 9.64 Å². The number of hydrogen-bond donors (Lipinski definition) is 0. The van der Waals surface area contributed by atoms with Gasteiger partial charge in [-0.25, -0.2) is 4.79 Å². The fraction of sp³-hybridized carbons (Fsp3) is 0.467. The predicted octanol–water partition coefficient (Wildman–Crippen LogP) is 3.22. The molecule has 0 saturated heterocycles. The molecular formula is C15H19NO3S2. The molecule has 1 heterocycles. The second-order valence-corrected chi connectivity index (χ2v) is 7.04. The molecule has 0 amide bonds. The third-order valence-electron chi connectivity index (χ3n) is 3.20. The quantitative estimate of drug-likeness (QED) is 0.483. The summed E-state index contributed by atoms with van der Waals surface area (Å²) in [6.07, 6.45) is 5.18. The Balaban J connectivity index is 2.48. The van der Waals surface area contributed by atoms with Crippen LogP contribution in [0.4, 0.5) is 0 Å². The molecule has 0 N–H and O–H groups in total. The van der Waals surface area contributed by atoms with Crippen LogP contribution >= 0.6 is 23.1 Å². The number of Topliss-reactive ketones (excluding diaryl/α,β-unsaturated/α-hetero) is 1. The normalized spacial score (nSPS) is 16.0. The van der Waals surface area contributed by atoms with E-state index >= 15 is 0 Å². The van der Waals surface area contributed by atoms with Gasteiger partial charge in [0, 0.05) is 25.9 Å². The minimum Gasteiger partial charge on any atom is -0.462 e. The Morgan fingerprint density at radius 3 is 2.71 bits per heavy atom. The summed E-state index contributed by atoms with van der Waals surface area (Å²) < 4.78 is 6.01. The molecule has 0 bridgehead atoms. The van der Waals surface area contributed by atoms with Gasteiger partial charge in [0.25, 0.3) is 0 Å². The standard InChI is InChI=1S/C15H19NO3S2/c1-5-19-14(18)13-10-7-6-9(8-16(2)3)12(17)11(10)15(20-4)21-13/h8H,5-7H2,1-4H3. The van der Waals surface area contributed by atoms with Crippen molar-refractivity contribution in [1.29, 1.82) is 0 Å². The van der Waals surface area contributed by atoms with Crippen LogP contribution in [-0.4, -0.2) is 43.6 Å². The van der Waals surface area contributed by atoms with Crippen molar-refractivity contribution in [3.05, 3.63) is 27.8 Å². The molecule has 0 radical (unpaired) electrons. The number of allylic oxidation sites excluding steroid dienone is 1. The van der Waals surface area contributed by atoms with Crippen LogP contribution in [0.2, 0.25) is 0 Å². The molecule has 1 aliphatic rings. The fourth-order valence-electron chi connectivity index (χ4n) is 2.38. The number of ether oxygens (including phenoxy) is 1. The first kappa shape index (κ1) is 16.1. The molecule has 0 saturated carbocycles. The second-order valence-electron chi connectivity index (χ2n) is 4.94. The van der Waals surface area contributed by atoms with Gasteiger partial charge >= 0.3 is 5.97 Å². The molecule has 114 valence electrons. The highest BCUT2D eigenvalue weighted by Crippen LogP contribution is 2.41. The maximum absolute atomic E-state index is 12.7. The van der Waals surface area contributed by atoms with Gasteiger partial charge in [-0.3, -0.25) is 4.79 Å². The van der Waals surface area contributed by atoms with Crippen LogP contribution in [-0.2, 0) is 11.2 Å². The van der Waals surface area contributed by atoms with Gasteiger partial charge in [-0.1, -0.05) is 0 Å². The zero-order chi connectivity index (χ0) is 15.6. The minimum atomic E-state index is -0.313. The number of thiophene rings is 1. The Bertz CT molecular complexity index is 602. The molecule has 0 unspecified atom stereocenters. The van der Waals surface area contributed by atoms with E-state index in [0.29, 0.717) is 29.9 Å². The van der Waals surface area contributed by atoms with Crippen molar-refractivity contribution in [3.8, 4) is 0 Å². The summed E-state index contributed by atoms with van der Waals surface area (Å²) in [6, 6.07) is 0. The smallest absolute Gasteiger partial charge is 0.348 e. The monoisotopic (exact) mass is 325 g/mol. The molecule has 2 rings (SSSR count). The molecule has 21 heavy (non-hydrogen) atoms. The summed E-state index contributed by atoms with van der Waals surface area (Å²) in [5.41, 5.74) is 2.37. The van der Waals surface area contributed by atoms with Gasteiger partial charge in [0.2, 0.25) is 0 Å². The number of nitrogens with zero attached hydrogens (tertiary/aromatic N) is 1. The van der Waals surface area contributed by atoms with Crippen LogP contribution in [0.5, 0.6) is 0 Å². The largest absolute Gasteiger partial charge is 0.462 e. The summed E-state index contributed by atoms with van der Waals surface area (Å²) in [5.74, 6) is -0.270. The van der Waals surface area contributed by atoms with E-state index in [1.165, 1.54) is 23.1 Å². The average Bonchev–Trinajstić information content (AvgIpc) is 2.81. The summed E-state index contributed by atoms with van der Waals surface area (Å²) in [6.45, 7) is 2.14. The first-order valence-corrected chi connectivity index (χ1v) is 8.82. The maximum Gasteiger partial charge on any atom is 0.348 e. The van der Waals surface area contributed by atoms with E-state index in [0.717, 1.165) is 15.3 Å². The molecule has 0 spiro atoms. The van der Waals surface area contributed by atoms with Crippen molar-refractivity contribution in [1.82, 2.24) is 4.90 Å². The van der Waals surface area contributed by atoms with E-state index in [-0.39, 0.29) is 11.8 Å². The van der Waals surface area contributed by atoms with Crippen molar-refractivity contribution in [3.63, 3.8) is 0 Å². The van der Waals surface area contributed by atoms with Crippen LogP contribution in [0.3, 0.4) is 0 Å². The minimum absolute atomic E-state index is 0.0427. The number of hydrogen-bond acceptors (Lipinski definition) is 6. The third-order valence-corrected chi connectivity index (χ3v) is 5.53. The average molecular weight is 325 g/mol. The summed E-state index contributed by atoms with van der Waals surface area (Å²) in [4.78, 5) is 27.2. The zero-order valence-electron chi connectivity index (χ0n) is 12.7. The number of ketones is 1. The van der Waals surface area contributed by atoms with Crippen molar-refractivity contribution in [2.45, 2.75) is 24.0 Å². The van der Waals surface area contributed by atoms with Gasteiger partial charge in [0.05, 0.1) is 16.4 Å². The Morgan fingerprint density at radius 2 is 2.14 bits per heavy atom. The van der Waals surface area contributed by atoms with Crippen molar-refractivity contribution in [2.24, 2.45) is 0 Å². The van der Waals surface area contributed by atoms with E-state index in [4.69, 9.17) is 4.74 Å². The van der Waals surface area contributed by atoms with Crippen LogP contribution in [0.1, 0.15) is 38.9 Å². The molecule has 4 nitrogen and oxygen atoms in total. The topological polar surface area (TPSA) is 46.6 Å². The first-order valence-electron chi connectivity index (χ1n) is 6.78. The van der Waals surface area contributed by atoms with E-state index in [9.17, 15) is 9.59 Å². The Labute approximate surface area is 133 Å². The Kier molecular flexibility index (Phi) is 5.11. The summed E-state index contributed by atoms with van der Waals surface area (Å²) in [7, 11) is 3.81. The van der Waals surface area contributed by atoms with Gasteiger partial charge in [0.1, 0.15) is 4.88 Å². The van der Waals surface area contributed by atoms with E-state index in [1.54, 1.807) is 6.92 Å². The Hall–Kier alpha value is -1.27. The van der Waals surface area contributed by atoms with E-state index in [1.807, 2.05) is 31.5 Å². The lowest BCUT2D eigenvalue weighted by atomic mass is 9.89. The van der Waals surface area contributed by atoms with Crippen LogP contribution in [0.25, 0.3) is 0 Å². The predicted molar refractivity (Wildman–Crippen MR) is 86.5 cm³/mol. The van der Waals surface area contributed by atoms with Crippen molar-refractivity contribution in [2.75, 3.05) is 27.0 Å². The van der Waals surface area contributed by atoms with Crippen LogP contribution in [0.15, 0.2) is 16.0 Å². The number of carbonyl (C=O) groups excluding carboxylic acids is 2. The molecule has 1 aromatic heterocycles. The van der Waals surface area contributed by atoms with Gasteiger partial charge in [-0.05, 0) is 31.6 Å². The van der Waals surface area contributed by atoms with Gasteiger partial charge in [-0.2, -0.15) is 0 Å². The molecule has 6 heteroatoms. The van der Waals surface area contributed by atoms with Crippen LogP contribution < -0.4 is 0 Å². The number of thioether (sulfide) groups is 1. The number of fused-ring (bicyclic) bond motifs is 1. The van der Waals surface area contributed by atoms with Crippen LogP contribution in [0, 0.1) is 0 Å². The molecule has 0 fully saturated rings. The highest BCUT2D eigenvalue weighted by Gasteiger charge is 2.32. The van der Waals surface area contributed by atoms with E-state index < -0.39 is 0 Å². The van der Waals surface area contributed by atoms with Gasteiger partial charge in [0.15, 0.2) is 5.78 Å². The van der Waals surface area contributed by atoms with Crippen molar-refractivity contribution >= 4 is 34.9 Å². The SMILES string of the molecule is CCOC(=O)c1sc(SC)c2c1CCC(=CN(C)C)C2=O. The number of rotatable bonds is 4. The second kappa shape index (κ2) is 6.66. The molecule has 0 atom stereocenters. The lowest BCUT2D eigenvalue weighted by molar-refractivity contribution is 0.0531. The maximum atomic E-state index is 12.7. The molecule has 1 aliphatic carbocycles. The molecule has 0 aliphatic heterocycles.